The van der Waals surface area contributed by atoms with Crippen LogP contribution in [0.5, 0.6) is 11.5 Å². The molecule has 5 rings (SSSR count). The molecule has 164 valence electrons. The summed E-state index contributed by atoms with van der Waals surface area (Å²) in [6, 6.07) is 9.68. The van der Waals surface area contributed by atoms with Crippen LogP contribution in [0.4, 0.5) is 0 Å². The Bertz CT molecular complexity index is 1120. The molecule has 0 spiro atoms. The number of fused-ring (bicyclic) bond motifs is 3. The molecule has 3 aliphatic heterocycles. The third kappa shape index (κ3) is 3.44. The van der Waals surface area contributed by atoms with Gasteiger partial charge < -0.3 is 14.8 Å². The lowest BCUT2D eigenvalue weighted by molar-refractivity contribution is -0.118. The molecule has 0 fully saturated rings. The van der Waals surface area contributed by atoms with E-state index in [9.17, 15) is 14.4 Å². The van der Waals surface area contributed by atoms with Gasteiger partial charge in [0.15, 0.2) is 17.3 Å². The van der Waals surface area contributed by atoms with Crippen LogP contribution in [0.15, 0.2) is 42.5 Å². The smallest absolute Gasteiger partial charge is 0.262 e. The average molecular weight is 451 g/mol. The van der Waals surface area contributed by atoms with Gasteiger partial charge in [-0.25, -0.2) is 0 Å². The number of thioether (sulfide) groups is 1. The van der Waals surface area contributed by atoms with Crippen LogP contribution >= 0.6 is 11.8 Å². The van der Waals surface area contributed by atoms with Crippen LogP contribution in [0.2, 0.25) is 0 Å². The standard InChI is InChI=1S/C24H22N2O5S/c1-32-9-7-19(26-23(28)15-4-2-3-5-16(15)24(26)29)20(27)12-18-17-11-22-21(30-13-31-22)10-14(17)6-8-25-18/h2-5,10-12,19,25H,6-9,13H2,1H3/t19-/m0/s1. The third-order valence-corrected chi connectivity index (χ3v) is 6.59. The van der Waals surface area contributed by atoms with Crippen molar-refractivity contribution in [2.24, 2.45) is 0 Å². The number of benzene rings is 2. The molecule has 8 heteroatoms. The summed E-state index contributed by atoms with van der Waals surface area (Å²) >= 11 is 1.57. The largest absolute Gasteiger partial charge is 0.454 e. The summed E-state index contributed by atoms with van der Waals surface area (Å²) in [7, 11) is 0. The normalized spacial score (nSPS) is 18.4. The van der Waals surface area contributed by atoms with Gasteiger partial charge in [0.2, 0.25) is 6.79 Å². The lowest BCUT2D eigenvalue weighted by atomic mass is 9.95. The zero-order valence-corrected chi connectivity index (χ0v) is 18.4. The monoisotopic (exact) mass is 450 g/mol. The van der Waals surface area contributed by atoms with Gasteiger partial charge in [0.05, 0.1) is 11.1 Å². The van der Waals surface area contributed by atoms with Crippen molar-refractivity contribution in [1.29, 1.82) is 0 Å². The van der Waals surface area contributed by atoms with Crippen molar-refractivity contribution >= 4 is 35.1 Å². The van der Waals surface area contributed by atoms with Crippen molar-refractivity contribution in [2.45, 2.75) is 18.9 Å². The summed E-state index contributed by atoms with van der Waals surface area (Å²) in [4.78, 5) is 40.6. The Labute approximate surface area is 189 Å². The Morgan fingerprint density at radius 3 is 2.50 bits per heavy atom. The molecule has 1 N–H and O–H groups in total. The summed E-state index contributed by atoms with van der Waals surface area (Å²) in [5.74, 6) is 0.898. The number of imide groups is 1. The Morgan fingerprint density at radius 2 is 1.81 bits per heavy atom. The third-order valence-electron chi connectivity index (χ3n) is 5.95. The minimum atomic E-state index is -0.858. The lowest BCUT2D eigenvalue weighted by Crippen LogP contribution is -2.45. The van der Waals surface area contributed by atoms with Gasteiger partial charge in [-0.15, -0.1) is 0 Å². The van der Waals surface area contributed by atoms with Crippen LogP contribution in [-0.4, -0.2) is 53.9 Å². The number of amides is 2. The number of ether oxygens (including phenoxy) is 2. The van der Waals surface area contributed by atoms with Crippen LogP contribution in [-0.2, 0) is 11.2 Å². The maximum atomic E-state index is 13.5. The van der Waals surface area contributed by atoms with E-state index in [0.717, 1.165) is 22.4 Å². The van der Waals surface area contributed by atoms with Crippen molar-refractivity contribution < 1.29 is 23.9 Å². The summed E-state index contributed by atoms with van der Waals surface area (Å²) < 4.78 is 11.0. The quantitative estimate of drug-likeness (QED) is 0.535. The van der Waals surface area contributed by atoms with Gasteiger partial charge >= 0.3 is 0 Å². The Morgan fingerprint density at radius 1 is 1.12 bits per heavy atom. The van der Waals surface area contributed by atoms with Gasteiger partial charge in [0.1, 0.15) is 6.04 Å². The van der Waals surface area contributed by atoms with Crippen molar-refractivity contribution in [3.05, 3.63) is 64.7 Å². The van der Waals surface area contributed by atoms with Gasteiger partial charge in [0.25, 0.3) is 11.8 Å². The van der Waals surface area contributed by atoms with E-state index >= 15 is 0 Å². The van der Waals surface area contributed by atoms with Gasteiger partial charge in [-0.2, -0.15) is 11.8 Å². The van der Waals surface area contributed by atoms with E-state index in [0.29, 0.717) is 47.0 Å². The Balaban J connectivity index is 1.49. The van der Waals surface area contributed by atoms with Crippen molar-refractivity contribution in [3.63, 3.8) is 0 Å². The number of nitrogens with one attached hydrogen (secondary N) is 1. The highest BCUT2D eigenvalue weighted by Gasteiger charge is 2.42. The number of ketones is 1. The highest BCUT2D eigenvalue weighted by Crippen LogP contribution is 2.38. The highest BCUT2D eigenvalue weighted by atomic mass is 32.2. The zero-order valence-electron chi connectivity index (χ0n) is 17.6. The molecule has 0 aliphatic carbocycles. The number of carbonyl (C=O) groups is 3. The topological polar surface area (TPSA) is 84.9 Å². The second-order valence-corrected chi connectivity index (χ2v) is 8.81. The number of carbonyl (C=O) groups excluding carboxylic acids is 3. The minimum absolute atomic E-state index is 0.181. The van der Waals surface area contributed by atoms with Crippen LogP contribution in [0.1, 0.15) is 38.3 Å². The van der Waals surface area contributed by atoms with E-state index in [2.05, 4.69) is 5.32 Å². The summed E-state index contributed by atoms with van der Waals surface area (Å²) in [6.45, 7) is 0.856. The lowest BCUT2D eigenvalue weighted by Gasteiger charge is -2.26. The van der Waals surface area contributed by atoms with E-state index in [1.807, 2.05) is 18.4 Å². The molecule has 2 aromatic carbocycles. The molecule has 0 radical (unpaired) electrons. The van der Waals surface area contributed by atoms with Gasteiger partial charge in [-0.05, 0) is 54.7 Å². The second kappa shape index (κ2) is 8.35. The van der Waals surface area contributed by atoms with E-state index in [1.165, 1.54) is 6.08 Å². The average Bonchev–Trinajstić information content (AvgIpc) is 3.36. The second-order valence-electron chi connectivity index (χ2n) is 7.82. The molecule has 0 saturated carbocycles. The first-order valence-corrected chi connectivity index (χ1v) is 11.9. The van der Waals surface area contributed by atoms with E-state index in [4.69, 9.17) is 9.47 Å². The molecule has 7 nitrogen and oxygen atoms in total. The van der Waals surface area contributed by atoms with E-state index in [1.54, 1.807) is 36.0 Å². The fourth-order valence-electron chi connectivity index (χ4n) is 4.35. The van der Waals surface area contributed by atoms with Gasteiger partial charge in [-0.1, -0.05) is 12.1 Å². The first-order valence-electron chi connectivity index (χ1n) is 10.5. The van der Waals surface area contributed by atoms with Crippen molar-refractivity contribution in [2.75, 3.05) is 25.3 Å². The summed E-state index contributed by atoms with van der Waals surface area (Å²) in [5.41, 5.74) is 3.30. The SMILES string of the molecule is CSCC[C@@H](C(=O)C=C1NCCc2cc3c(cc21)OCO3)N1C(=O)c2ccccc2C1=O. The maximum Gasteiger partial charge on any atom is 0.262 e. The molecular weight excluding hydrogens is 428 g/mol. The molecule has 0 unspecified atom stereocenters. The molecule has 32 heavy (non-hydrogen) atoms. The van der Waals surface area contributed by atoms with Gasteiger partial charge in [-0.3, -0.25) is 19.3 Å². The summed E-state index contributed by atoms with van der Waals surface area (Å²) in [5, 5.41) is 3.29. The number of hydrogen-bond donors (Lipinski definition) is 1. The number of nitrogens with zero attached hydrogens (tertiary/aromatic N) is 1. The Kier molecular flexibility index (Phi) is 5.38. The molecule has 3 heterocycles. The van der Waals surface area contributed by atoms with Crippen molar-refractivity contribution in [1.82, 2.24) is 10.2 Å². The zero-order chi connectivity index (χ0) is 22.2. The maximum absolute atomic E-state index is 13.5. The van der Waals surface area contributed by atoms with E-state index < -0.39 is 17.9 Å². The summed E-state index contributed by atoms with van der Waals surface area (Å²) in [6.07, 6.45) is 4.65. The van der Waals surface area contributed by atoms with E-state index in [-0.39, 0.29) is 12.6 Å². The first kappa shape index (κ1) is 20.6. The minimum Gasteiger partial charge on any atom is -0.454 e. The van der Waals surface area contributed by atoms with Crippen LogP contribution < -0.4 is 14.8 Å². The number of rotatable bonds is 6. The highest BCUT2D eigenvalue weighted by molar-refractivity contribution is 7.98. The molecule has 3 aliphatic rings. The predicted molar refractivity (Wildman–Crippen MR) is 121 cm³/mol. The predicted octanol–water partition coefficient (Wildman–Crippen LogP) is 2.89. The molecular formula is C24H22N2O5S. The molecule has 0 aromatic heterocycles. The molecule has 2 amide bonds. The molecule has 0 saturated heterocycles. The fourth-order valence-corrected chi connectivity index (χ4v) is 4.81. The first-order chi connectivity index (χ1) is 15.6. The fraction of sp³-hybridized carbons (Fsp3) is 0.292. The molecule has 2 aromatic rings. The molecule has 1 atom stereocenters. The van der Waals surface area contributed by atoms with Crippen LogP contribution in [0, 0.1) is 0 Å². The molecule has 0 bridgehead atoms. The van der Waals surface area contributed by atoms with Crippen molar-refractivity contribution in [3.8, 4) is 11.5 Å². The number of hydrogen-bond acceptors (Lipinski definition) is 7. The van der Waals surface area contributed by atoms with Crippen LogP contribution in [0.25, 0.3) is 5.70 Å². The van der Waals surface area contributed by atoms with Crippen LogP contribution in [0.3, 0.4) is 0 Å². The van der Waals surface area contributed by atoms with Gasteiger partial charge in [0, 0.05) is 23.9 Å². The Hall–Kier alpha value is -3.26.